The molecule has 2 aliphatic heterocycles. The second-order valence-corrected chi connectivity index (χ2v) is 9.08. The Balaban J connectivity index is 1.33. The molecule has 32 heavy (non-hydrogen) atoms. The number of imidazole rings is 1. The van der Waals surface area contributed by atoms with Crippen LogP contribution in [0.5, 0.6) is 0 Å². The largest absolute Gasteiger partial charge is 0.365 e. The Kier molecular flexibility index (Phi) is 6.89. The molecule has 172 valence electrons. The van der Waals surface area contributed by atoms with Crippen molar-refractivity contribution < 1.29 is 18.7 Å². The Bertz CT molecular complexity index is 949. The summed E-state index contributed by atoms with van der Waals surface area (Å²) in [4.78, 5) is 31.6. The van der Waals surface area contributed by atoms with Crippen molar-refractivity contribution in [3.05, 3.63) is 53.4 Å². The molecule has 0 radical (unpaired) electrons. The van der Waals surface area contributed by atoms with E-state index in [4.69, 9.17) is 4.74 Å². The number of likely N-dealkylation sites (tertiary alicyclic amines) is 1. The maximum absolute atomic E-state index is 13.2. The zero-order valence-corrected chi connectivity index (χ0v) is 18.7. The second kappa shape index (κ2) is 9.81. The van der Waals surface area contributed by atoms with E-state index in [-0.39, 0.29) is 36.3 Å². The number of rotatable bonds is 6. The number of aromatic nitrogens is 2. The van der Waals surface area contributed by atoms with Gasteiger partial charge in [0.1, 0.15) is 11.9 Å². The molecular formula is C24H31FN4O3. The maximum Gasteiger partial charge on any atom is 0.274 e. The van der Waals surface area contributed by atoms with Crippen LogP contribution in [0.15, 0.2) is 30.6 Å². The summed E-state index contributed by atoms with van der Waals surface area (Å²) in [5, 5.41) is 3.02. The molecule has 0 aliphatic carbocycles. The van der Waals surface area contributed by atoms with Crippen LogP contribution in [0.1, 0.15) is 61.0 Å². The molecule has 1 N–H and O–H groups in total. The van der Waals surface area contributed by atoms with Gasteiger partial charge in [0, 0.05) is 25.6 Å². The van der Waals surface area contributed by atoms with E-state index in [1.54, 1.807) is 23.4 Å². The van der Waals surface area contributed by atoms with E-state index in [9.17, 15) is 14.0 Å². The Hall–Kier alpha value is -2.74. The lowest BCUT2D eigenvalue weighted by molar-refractivity contribution is -0.126. The number of hydrogen-bond acceptors (Lipinski definition) is 4. The van der Waals surface area contributed by atoms with Gasteiger partial charge in [0.15, 0.2) is 5.69 Å². The van der Waals surface area contributed by atoms with Crippen LogP contribution in [0.2, 0.25) is 0 Å². The summed E-state index contributed by atoms with van der Waals surface area (Å²) in [6.45, 7) is 6.88. The topological polar surface area (TPSA) is 76.5 Å². The van der Waals surface area contributed by atoms with Gasteiger partial charge in [0.05, 0.1) is 25.2 Å². The highest BCUT2D eigenvalue weighted by Gasteiger charge is 2.32. The van der Waals surface area contributed by atoms with Crippen molar-refractivity contribution in [3.63, 3.8) is 0 Å². The molecule has 1 aromatic carbocycles. The molecule has 1 atom stereocenters. The lowest BCUT2D eigenvalue weighted by Crippen LogP contribution is -2.43. The molecule has 2 aliphatic rings. The van der Waals surface area contributed by atoms with Crippen molar-refractivity contribution >= 4 is 11.8 Å². The van der Waals surface area contributed by atoms with Crippen LogP contribution >= 0.6 is 0 Å². The zero-order valence-electron chi connectivity index (χ0n) is 18.7. The predicted octanol–water partition coefficient (Wildman–Crippen LogP) is 3.31. The van der Waals surface area contributed by atoms with Gasteiger partial charge >= 0.3 is 0 Å². The summed E-state index contributed by atoms with van der Waals surface area (Å²) in [5.41, 5.74) is 2.08. The monoisotopic (exact) mass is 442 g/mol. The summed E-state index contributed by atoms with van der Waals surface area (Å²) in [6, 6.07) is 6.28. The van der Waals surface area contributed by atoms with Gasteiger partial charge in [-0.05, 0) is 42.9 Å². The van der Waals surface area contributed by atoms with Crippen molar-refractivity contribution in [2.24, 2.45) is 11.8 Å². The Morgan fingerprint density at radius 1 is 1.22 bits per heavy atom. The highest BCUT2D eigenvalue weighted by atomic mass is 19.1. The van der Waals surface area contributed by atoms with Crippen LogP contribution < -0.4 is 5.32 Å². The quantitative estimate of drug-likeness (QED) is 0.745. The van der Waals surface area contributed by atoms with Gasteiger partial charge in [-0.25, -0.2) is 9.37 Å². The molecule has 0 spiro atoms. The summed E-state index contributed by atoms with van der Waals surface area (Å²) in [5.74, 6) is 0.226. The third-order valence-corrected chi connectivity index (χ3v) is 6.35. The first-order chi connectivity index (χ1) is 15.4. The molecule has 1 saturated heterocycles. The molecule has 3 heterocycles. The van der Waals surface area contributed by atoms with E-state index in [2.05, 4.69) is 24.1 Å². The number of nitrogens with zero attached hydrogens (tertiary/aromatic N) is 3. The van der Waals surface area contributed by atoms with Crippen LogP contribution in [0, 0.1) is 17.7 Å². The first kappa shape index (κ1) is 22.5. The predicted molar refractivity (Wildman–Crippen MR) is 117 cm³/mol. The van der Waals surface area contributed by atoms with Crippen LogP contribution in [0.25, 0.3) is 0 Å². The third-order valence-electron chi connectivity index (χ3n) is 6.35. The number of fused-ring (bicyclic) bond motifs is 1. The van der Waals surface area contributed by atoms with Gasteiger partial charge < -0.3 is 19.5 Å². The van der Waals surface area contributed by atoms with Gasteiger partial charge in [0.2, 0.25) is 5.91 Å². The Morgan fingerprint density at radius 2 is 1.94 bits per heavy atom. The minimum Gasteiger partial charge on any atom is -0.365 e. The minimum atomic E-state index is -0.280. The molecule has 2 aromatic rings. The fraction of sp³-hybridized carbons (Fsp3) is 0.542. The van der Waals surface area contributed by atoms with Crippen molar-refractivity contribution in [2.75, 3.05) is 19.6 Å². The number of halogens is 1. The van der Waals surface area contributed by atoms with Crippen molar-refractivity contribution in [1.82, 2.24) is 19.8 Å². The molecule has 7 nitrogen and oxygen atoms in total. The smallest absolute Gasteiger partial charge is 0.274 e. The van der Waals surface area contributed by atoms with E-state index < -0.39 is 0 Å². The fourth-order valence-electron chi connectivity index (χ4n) is 4.31. The minimum absolute atomic E-state index is 0.0399. The highest BCUT2D eigenvalue weighted by Crippen LogP contribution is 2.29. The third kappa shape index (κ3) is 5.01. The average Bonchev–Trinajstić information content (AvgIpc) is 3.22. The first-order valence-electron chi connectivity index (χ1n) is 11.4. The summed E-state index contributed by atoms with van der Waals surface area (Å²) in [6.07, 6.45) is 3.77. The van der Waals surface area contributed by atoms with Crippen LogP contribution in [0.4, 0.5) is 4.39 Å². The van der Waals surface area contributed by atoms with E-state index in [1.807, 2.05) is 4.57 Å². The van der Waals surface area contributed by atoms with Gasteiger partial charge in [-0.2, -0.15) is 0 Å². The summed E-state index contributed by atoms with van der Waals surface area (Å²) in [7, 11) is 0. The molecule has 1 unspecified atom stereocenters. The SMILES string of the molecule is CC(C)CCNC(=O)C1CCN(C(=O)c2ncn3c2COC(c2ccc(F)cc2)C3)CC1. The van der Waals surface area contributed by atoms with E-state index in [0.29, 0.717) is 50.6 Å². The fourth-order valence-corrected chi connectivity index (χ4v) is 4.31. The van der Waals surface area contributed by atoms with Crippen molar-refractivity contribution in [1.29, 1.82) is 0 Å². The van der Waals surface area contributed by atoms with E-state index >= 15 is 0 Å². The molecule has 1 fully saturated rings. The zero-order chi connectivity index (χ0) is 22.7. The number of hydrogen-bond donors (Lipinski definition) is 1. The van der Waals surface area contributed by atoms with Crippen LogP contribution in [-0.2, 0) is 22.7 Å². The lowest BCUT2D eigenvalue weighted by atomic mass is 9.95. The Labute approximate surface area is 188 Å². The van der Waals surface area contributed by atoms with Crippen molar-refractivity contribution in [3.8, 4) is 0 Å². The molecular weight excluding hydrogens is 411 g/mol. The van der Waals surface area contributed by atoms with Crippen LogP contribution in [-0.4, -0.2) is 45.9 Å². The number of piperidine rings is 1. The molecule has 1 aromatic heterocycles. The Morgan fingerprint density at radius 3 is 2.62 bits per heavy atom. The number of ether oxygens (including phenoxy) is 1. The standard InChI is InChI=1S/C24H31FN4O3/c1-16(2)7-10-26-23(30)18-8-11-28(12-9-18)24(31)22-20-14-32-21(13-29(20)15-27-22)17-3-5-19(25)6-4-17/h3-6,15-16,18,21H,7-14H2,1-2H3,(H,26,30). The molecule has 2 amide bonds. The van der Waals surface area contributed by atoms with Gasteiger partial charge in [-0.3, -0.25) is 9.59 Å². The normalized spacial score (nSPS) is 19.1. The van der Waals surface area contributed by atoms with Crippen molar-refractivity contribution in [2.45, 2.75) is 52.4 Å². The number of benzene rings is 1. The first-order valence-corrected chi connectivity index (χ1v) is 11.4. The van der Waals surface area contributed by atoms with E-state index in [1.165, 1.54) is 12.1 Å². The summed E-state index contributed by atoms with van der Waals surface area (Å²) >= 11 is 0. The van der Waals surface area contributed by atoms with Gasteiger partial charge in [-0.15, -0.1) is 0 Å². The molecule has 0 bridgehead atoms. The van der Waals surface area contributed by atoms with Crippen LogP contribution in [0.3, 0.4) is 0 Å². The lowest BCUT2D eigenvalue weighted by Gasteiger charge is -2.31. The van der Waals surface area contributed by atoms with Gasteiger partial charge in [0.25, 0.3) is 5.91 Å². The second-order valence-electron chi connectivity index (χ2n) is 9.08. The molecule has 8 heteroatoms. The average molecular weight is 443 g/mol. The molecule has 4 rings (SSSR count). The summed E-state index contributed by atoms with van der Waals surface area (Å²) < 4.78 is 21.1. The maximum atomic E-state index is 13.2. The number of nitrogens with one attached hydrogen (secondary N) is 1. The number of amides is 2. The van der Waals surface area contributed by atoms with E-state index in [0.717, 1.165) is 17.7 Å². The van der Waals surface area contributed by atoms with Gasteiger partial charge in [-0.1, -0.05) is 26.0 Å². The number of carbonyl (C=O) groups excluding carboxylic acids is 2. The number of carbonyl (C=O) groups is 2. The highest BCUT2D eigenvalue weighted by molar-refractivity contribution is 5.93. The molecule has 0 saturated carbocycles.